The maximum atomic E-state index is 11.4. The molecule has 0 aliphatic carbocycles. The molecule has 0 radical (unpaired) electrons. The van der Waals surface area contributed by atoms with E-state index in [1.807, 2.05) is 0 Å². The predicted octanol–water partition coefficient (Wildman–Crippen LogP) is 0.349. The van der Waals surface area contributed by atoms with E-state index in [0.717, 1.165) is 0 Å². The molecule has 3 N–H and O–H groups in total. The van der Waals surface area contributed by atoms with Gasteiger partial charge in [0.2, 0.25) is 10.0 Å². The molecule has 7 nitrogen and oxygen atoms in total. The highest BCUT2D eigenvalue weighted by atomic mass is 32.2. The fraction of sp³-hybridized carbons (Fsp3) is 0.455. The lowest BCUT2D eigenvalue weighted by Crippen LogP contribution is -2.18. The van der Waals surface area contributed by atoms with E-state index in [2.05, 4.69) is 10.3 Å². The van der Waals surface area contributed by atoms with E-state index in [1.54, 1.807) is 19.1 Å². The summed E-state index contributed by atoms with van der Waals surface area (Å²) in [5.74, 6) is 0.0548. The quantitative estimate of drug-likeness (QED) is 0.553. The van der Waals surface area contributed by atoms with Crippen LogP contribution in [0.2, 0.25) is 0 Å². The number of sulfonamides is 1. The number of anilines is 1. The smallest absolute Gasteiger partial charge is 0.339 e. The largest absolute Gasteiger partial charge is 0.462 e. The van der Waals surface area contributed by atoms with Crippen molar-refractivity contribution in [3.63, 3.8) is 0 Å². The van der Waals surface area contributed by atoms with Crippen LogP contribution in [-0.4, -0.2) is 38.3 Å². The third-order valence-corrected chi connectivity index (χ3v) is 3.04. The average molecular weight is 287 g/mol. The van der Waals surface area contributed by atoms with Gasteiger partial charge in [0, 0.05) is 12.7 Å². The van der Waals surface area contributed by atoms with Gasteiger partial charge in [-0.1, -0.05) is 0 Å². The Morgan fingerprint density at radius 2 is 2.21 bits per heavy atom. The molecule has 106 valence electrons. The third kappa shape index (κ3) is 6.16. The van der Waals surface area contributed by atoms with Crippen LogP contribution >= 0.6 is 0 Å². The third-order valence-electron chi connectivity index (χ3n) is 2.19. The van der Waals surface area contributed by atoms with Gasteiger partial charge in [0.15, 0.2) is 0 Å². The van der Waals surface area contributed by atoms with Gasteiger partial charge in [-0.25, -0.2) is 23.3 Å². The van der Waals surface area contributed by atoms with Crippen LogP contribution in [0.5, 0.6) is 0 Å². The summed E-state index contributed by atoms with van der Waals surface area (Å²) in [6, 6.07) is 3.22. The Hall–Kier alpha value is -1.67. The monoisotopic (exact) mass is 287 g/mol. The molecule has 0 atom stereocenters. The Kier molecular flexibility index (Phi) is 5.71. The Bertz CT molecular complexity index is 513. The van der Waals surface area contributed by atoms with E-state index < -0.39 is 16.0 Å². The van der Waals surface area contributed by atoms with Crippen LogP contribution in [0, 0.1) is 0 Å². The number of rotatable bonds is 7. The molecule has 0 fully saturated rings. The van der Waals surface area contributed by atoms with Gasteiger partial charge in [-0.2, -0.15) is 0 Å². The zero-order valence-electron chi connectivity index (χ0n) is 10.6. The number of nitrogens with zero attached hydrogens (tertiary/aromatic N) is 1. The van der Waals surface area contributed by atoms with Gasteiger partial charge in [-0.15, -0.1) is 0 Å². The maximum absolute atomic E-state index is 11.4. The number of carbonyl (C=O) groups excluding carboxylic acids is 1. The summed E-state index contributed by atoms with van der Waals surface area (Å²) >= 11 is 0. The minimum atomic E-state index is -3.42. The fourth-order valence-corrected chi connectivity index (χ4v) is 1.87. The number of nitrogens with one attached hydrogen (secondary N) is 1. The summed E-state index contributed by atoms with van der Waals surface area (Å²) in [7, 11) is -3.42. The molecule has 0 saturated carbocycles. The minimum absolute atomic E-state index is 0.0824. The molecule has 1 heterocycles. The Labute approximate surface area is 112 Å². The summed E-state index contributed by atoms with van der Waals surface area (Å²) in [5, 5.41) is 7.81. The van der Waals surface area contributed by atoms with Gasteiger partial charge in [0.25, 0.3) is 0 Å². The molecule has 0 spiro atoms. The predicted molar refractivity (Wildman–Crippen MR) is 71.3 cm³/mol. The number of ether oxygens (including phenoxy) is 1. The van der Waals surface area contributed by atoms with Crippen molar-refractivity contribution in [3.05, 3.63) is 23.9 Å². The maximum Gasteiger partial charge on any atom is 0.339 e. The number of nitrogens with two attached hydrogens (primary N) is 1. The molecule has 1 aromatic heterocycles. The number of pyridine rings is 1. The topological polar surface area (TPSA) is 111 Å². The summed E-state index contributed by atoms with van der Waals surface area (Å²) in [5.41, 5.74) is 0.372. The molecule has 0 bridgehead atoms. The van der Waals surface area contributed by atoms with Crippen molar-refractivity contribution in [1.29, 1.82) is 0 Å². The zero-order valence-corrected chi connectivity index (χ0v) is 11.4. The second-order valence-electron chi connectivity index (χ2n) is 3.80. The molecular formula is C11H17N3O4S. The van der Waals surface area contributed by atoms with Crippen molar-refractivity contribution in [3.8, 4) is 0 Å². The van der Waals surface area contributed by atoms with Crippen LogP contribution in [-0.2, 0) is 14.8 Å². The Balaban J connectivity index is 2.42. The second kappa shape index (κ2) is 7.05. The number of esters is 1. The number of primary sulfonamides is 1. The van der Waals surface area contributed by atoms with Crippen molar-refractivity contribution in [2.45, 2.75) is 13.3 Å². The van der Waals surface area contributed by atoms with Crippen LogP contribution in [0.3, 0.4) is 0 Å². The number of aromatic nitrogens is 1. The number of hydrogen-bond donors (Lipinski definition) is 2. The SMILES string of the molecule is CCOC(=O)c1ccc(NCCCS(N)(=O)=O)nc1. The molecule has 0 amide bonds. The molecule has 19 heavy (non-hydrogen) atoms. The molecule has 8 heteroatoms. The standard InChI is InChI=1S/C11H17N3O4S/c1-2-18-11(15)9-4-5-10(14-8-9)13-6-3-7-19(12,16)17/h4-5,8H,2-3,6-7H2,1H3,(H,13,14)(H2,12,16,17). The summed E-state index contributed by atoms with van der Waals surface area (Å²) in [6.07, 6.45) is 1.79. The lowest BCUT2D eigenvalue weighted by atomic mass is 10.3. The molecule has 0 unspecified atom stereocenters. The molecule has 0 aromatic carbocycles. The van der Waals surface area contributed by atoms with Gasteiger partial charge in [-0.3, -0.25) is 0 Å². The van der Waals surface area contributed by atoms with Gasteiger partial charge in [0.05, 0.1) is 17.9 Å². The van der Waals surface area contributed by atoms with E-state index in [4.69, 9.17) is 9.88 Å². The van der Waals surface area contributed by atoms with Crippen LogP contribution in [0.4, 0.5) is 5.82 Å². The average Bonchev–Trinajstić information content (AvgIpc) is 2.34. The van der Waals surface area contributed by atoms with Crippen molar-refractivity contribution < 1.29 is 17.9 Å². The highest BCUT2D eigenvalue weighted by molar-refractivity contribution is 7.89. The van der Waals surface area contributed by atoms with E-state index in [-0.39, 0.29) is 5.75 Å². The Morgan fingerprint density at radius 1 is 1.47 bits per heavy atom. The summed E-state index contributed by atoms with van der Waals surface area (Å²) in [6.45, 7) is 2.47. The first-order chi connectivity index (χ1) is 8.92. The van der Waals surface area contributed by atoms with Gasteiger partial charge < -0.3 is 10.1 Å². The molecule has 0 saturated heterocycles. The van der Waals surface area contributed by atoms with Gasteiger partial charge >= 0.3 is 5.97 Å². The van der Waals surface area contributed by atoms with Gasteiger partial charge in [-0.05, 0) is 25.5 Å². The van der Waals surface area contributed by atoms with Crippen LogP contribution in [0.1, 0.15) is 23.7 Å². The van der Waals surface area contributed by atoms with E-state index >= 15 is 0 Å². The second-order valence-corrected chi connectivity index (χ2v) is 5.53. The summed E-state index contributed by atoms with van der Waals surface area (Å²) < 4.78 is 26.2. The normalized spacial score (nSPS) is 11.1. The molecular weight excluding hydrogens is 270 g/mol. The van der Waals surface area contributed by atoms with Crippen molar-refractivity contribution in [2.75, 3.05) is 24.2 Å². The molecule has 0 aliphatic heterocycles. The summed E-state index contributed by atoms with van der Waals surface area (Å²) in [4.78, 5) is 15.4. The first-order valence-electron chi connectivity index (χ1n) is 5.80. The minimum Gasteiger partial charge on any atom is -0.462 e. The van der Waals surface area contributed by atoms with Crippen LogP contribution in [0.15, 0.2) is 18.3 Å². The zero-order chi connectivity index (χ0) is 14.3. The van der Waals surface area contributed by atoms with Crippen LogP contribution in [0.25, 0.3) is 0 Å². The van der Waals surface area contributed by atoms with E-state index in [0.29, 0.717) is 31.0 Å². The first kappa shape index (κ1) is 15.4. The fourth-order valence-electron chi connectivity index (χ4n) is 1.32. The van der Waals surface area contributed by atoms with E-state index in [1.165, 1.54) is 6.20 Å². The Morgan fingerprint density at radius 3 is 2.74 bits per heavy atom. The lowest BCUT2D eigenvalue weighted by Gasteiger charge is -2.06. The number of carbonyl (C=O) groups is 1. The van der Waals surface area contributed by atoms with Crippen molar-refractivity contribution in [1.82, 2.24) is 4.98 Å². The lowest BCUT2D eigenvalue weighted by molar-refractivity contribution is 0.0526. The van der Waals surface area contributed by atoms with Crippen LogP contribution < -0.4 is 10.5 Å². The molecule has 1 aromatic rings. The van der Waals surface area contributed by atoms with Crippen molar-refractivity contribution in [2.24, 2.45) is 5.14 Å². The molecule has 1 rings (SSSR count). The number of hydrogen-bond acceptors (Lipinski definition) is 6. The molecule has 0 aliphatic rings. The van der Waals surface area contributed by atoms with Crippen molar-refractivity contribution >= 4 is 21.8 Å². The van der Waals surface area contributed by atoms with Gasteiger partial charge in [0.1, 0.15) is 5.82 Å². The highest BCUT2D eigenvalue weighted by Crippen LogP contribution is 2.06. The highest BCUT2D eigenvalue weighted by Gasteiger charge is 2.06. The first-order valence-corrected chi connectivity index (χ1v) is 7.51. The van der Waals surface area contributed by atoms with E-state index in [9.17, 15) is 13.2 Å².